The fraction of sp³-hybridized carbons (Fsp3) is 0.952. The van der Waals surface area contributed by atoms with Crippen LogP contribution in [0.3, 0.4) is 0 Å². The molecular weight excluding hydrogens is 332 g/mol. The fourth-order valence-corrected chi connectivity index (χ4v) is 2.61. The van der Waals surface area contributed by atoms with E-state index in [1.807, 2.05) is 6.92 Å². The van der Waals surface area contributed by atoms with Crippen LogP contribution in [0.25, 0.3) is 0 Å². The number of unbranched alkanes of at least 4 members (excludes halogenated alkanes) is 5. The first kappa shape index (κ1) is 25.4. The molecule has 26 heavy (non-hydrogen) atoms. The molecule has 0 aliphatic rings. The number of carbonyl (C=O) groups excluding carboxylic acids is 1. The number of hydrogen-bond donors (Lipinski definition) is 0. The van der Waals surface area contributed by atoms with Gasteiger partial charge in [0.15, 0.2) is 0 Å². The highest BCUT2D eigenvalue weighted by Crippen LogP contribution is 2.14. The van der Waals surface area contributed by atoms with Gasteiger partial charge in [-0.15, -0.1) is 0 Å². The zero-order valence-corrected chi connectivity index (χ0v) is 17.4. The third-order valence-electron chi connectivity index (χ3n) is 4.34. The monoisotopic (exact) mass is 374 g/mol. The van der Waals surface area contributed by atoms with Crippen molar-refractivity contribution in [2.75, 3.05) is 46.2 Å². The van der Waals surface area contributed by atoms with Gasteiger partial charge in [-0.05, 0) is 19.3 Å². The first-order valence-electron chi connectivity index (χ1n) is 10.7. The zero-order chi connectivity index (χ0) is 19.3. The summed E-state index contributed by atoms with van der Waals surface area (Å²) in [6.45, 7) is 10.3. The average Bonchev–Trinajstić information content (AvgIpc) is 2.65. The summed E-state index contributed by atoms with van der Waals surface area (Å²) < 4.78 is 21.7. The van der Waals surface area contributed by atoms with Crippen molar-refractivity contribution in [2.45, 2.75) is 78.6 Å². The molecular formula is C21H42O5. The largest absolute Gasteiger partial charge is 0.463 e. The lowest BCUT2D eigenvalue weighted by Crippen LogP contribution is -2.20. The van der Waals surface area contributed by atoms with Crippen LogP contribution in [-0.4, -0.2) is 52.2 Å². The van der Waals surface area contributed by atoms with E-state index in [-0.39, 0.29) is 11.9 Å². The summed E-state index contributed by atoms with van der Waals surface area (Å²) in [5.74, 6) is -0.0578. The molecule has 0 aromatic rings. The molecule has 0 amide bonds. The highest BCUT2D eigenvalue weighted by Gasteiger charge is 2.16. The van der Waals surface area contributed by atoms with Crippen molar-refractivity contribution in [3.63, 3.8) is 0 Å². The van der Waals surface area contributed by atoms with Gasteiger partial charge in [0.25, 0.3) is 0 Å². The molecule has 1 atom stereocenters. The van der Waals surface area contributed by atoms with E-state index in [4.69, 9.17) is 18.9 Å². The molecule has 0 saturated heterocycles. The lowest BCUT2D eigenvalue weighted by atomic mass is 10.00. The summed E-state index contributed by atoms with van der Waals surface area (Å²) in [6.07, 6.45) is 10.2. The minimum absolute atomic E-state index is 0.0323. The molecule has 0 saturated carbocycles. The molecule has 1 unspecified atom stereocenters. The van der Waals surface area contributed by atoms with E-state index in [0.717, 1.165) is 38.7 Å². The second kappa shape index (κ2) is 20.7. The van der Waals surface area contributed by atoms with Crippen LogP contribution >= 0.6 is 0 Å². The molecule has 0 fully saturated rings. The van der Waals surface area contributed by atoms with E-state index in [1.54, 1.807) is 0 Å². The van der Waals surface area contributed by atoms with Gasteiger partial charge in [0, 0.05) is 6.61 Å². The van der Waals surface area contributed by atoms with Gasteiger partial charge in [-0.2, -0.15) is 0 Å². The Bertz CT molecular complexity index is 296. The standard InChI is InChI=1S/C21H42O5/c1-4-7-9-10-11-13-23-14-15-24-16-17-25-18-19-26-21(22)20(6-3)12-8-5-2/h20H,4-19H2,1-3H3. The molecule has 156 valence electrons. The van der Waals surface area contributed by atoms with Gasteiger partial charge in [0.1, 0.15) is 6.61 Å². The molecule has 0 heterocycles. The predicted octanol–water partition coefficient (Wildman–Crippen LogP) is 4.77. The summed E-state index contributed by atoms with van der Waals surface area (Å²) >= 11 is 0. The molecule has 0 aromatic heterocycles. The third kappa shape index (κ3) is 16.8. The normalized spacial score (nSPS) is 12.3. The number of hydrogen-bond acceptors (Lipinski definition) is 5. The first-order chi connectivity index (χ1) is 12.8. The van der Waals surface area contributed by atoms with E-state index in [0.29, 0.717) is 39.6 Å². The summed E-state index contributed by atoms with van der Waals surface area (Å²) in [7, 11) is 0. The average molecular weight is 375 g/mol. The Hall–Kier alpha value is -0.650. The Labute approximate surface area is 161 Å². The van der Waals surface area contributed by atoms with E-state index in [2.05, 4.69) is 13.8 Å². The Morgan fingerprint density at radius 1 is 0.654 bits per heavy atom. The lowest BCUT2D eigenvalue weighted by Gasteiger charge is -2.13. The number of carbonyl (C=O) groups is 1. The molecule has 0 radical (unpaired) electrons. The van der Waals surface area contributed by atoms with E-state index in [9.17, 15) is 4.79 Å². The van der Waals surface area contributed by atoms with Crippen LogP contribution in [-0.2, 0) is 23.7 Å². The smallest absolute Gasteiger partial charge is 0.308 e. The van der Waals surface area contributed by atoms with Crippen molar-refractivity contribution in [1.82, 2.24) is 0 Å². The van der Waals surface area contributed by atoms with Crippen LogP contribution in [0.4, 0.5) is 0 Å². The Morgan fingerprint density at radius 3 is 1.77 bits per heavy atom. The predicted molar refractivity (Wildman–Crippen MR) is 105 cm³/mol. The summed E-state index contributed by atoms with van der Waals surface area (Å²) in [6, 6.07) is 0. The molecule has 0 bridgehead atoms. The van der Waals surface area contributed by atoms with Crippen LogP contribution in [0.1, 0.15) is 78.6 Å². The van der Waals surface area contributed by atoms with E-state index in [1.165, 1.54) is 25.7 Å². The maximum atomic E-state index is 11.9. The zero-order valence-electron chi connectivity index (χ0n) is 17.4. The van der Waals surface area contributed by atoms with Crippen molar-refractivity contribution < 1.29 is 23.7 Å². The second-order valence-corrected chi connectivity index (χ2v) is 6.67. The highest BCUT2D eigenvalue weighted by molar-refractivity contribution is 5.72. The van der Waals surface area contributed by atoms with E-state index < -0.39 is 0 Å². The maximum Gasteiger partial charge on any atom is 0.308 e. The van der Waals surface area contributed by atoms with Crippen LogP contribution in [0, 0.1) is 5.92 Å². The Morgan fingerprint density at radius 2 is 1.19 bits per heavy atom. The quantitative estimate of drug-likeness (QED) is 0.227. The topological polar surface area (TPSA) is 54.0 Å². The van der Waals surface area contributed by atoms with E-state index >= 15 is 0 Å². The summed E-state index contributed by atoms with van der Waals surface area (Å²) in [4.78, 5) is 11.9. The van der Waals surface area contributed by atoms with Gasteiger partial charge < -0.3 is 18.9 Å². The molecule has 0 spiro atoms. The Balaban J connectivity index is 3.27. The van der Waals surface area contributed by atoms with Gasteiger partial charge in [0.2, 0.25) is 0 Å². The maximum absolute atomic E-state index is 11.9. The lowest BCUT2D eigenvalue weighted by molar-refractivity contribution is -0.150. The molecule has 0 aliphatic carbocycles. The molecule has 5 nitrogen and oxygen atoms in total. The van der Waals surface area contributed by atoms with Crippen LogP contribution < -0.4 is 0 Å². The number of rotatable bonds is 20. The fourth-order valence-electron chi connectivity index (χ4n) is 2.61. The van der Waals surface area contributed by atoms with Gasteiger partial charge in [-0.25, -0.2) is 0 Å². The van der Waals surface area contributed by atoms with Gasteiger partial charge in [0.05, 0.1) is 39.0 Å². The van der Waals surface area contributed by atoms with Crippen molar-refractivity contribution >= 4 is 5.97 Å². The van der Waals surface area contributed by atoms with Crippen molar-refractivity contribution in [2.24, 2.45) is 5.92 Å². The highest BCUT2D eigenvalue weighted by atomic mass is 16.6. The molecule has 0 aliphatic heterocycles. The minimum atomic E-state index is -0.0901. The summed E-state index contributed by atoms with van der Waals surface area (Å²) in [5, 5.41) is 0. The molecule has 0 rings (SSSR count). The van der Waals surface area contributed by atoms with Crippen LogP contribution in [0.15, 0.2) is 0 Å². The number of ether oxygens (including phenoxy) is 4. The van der Waals surface area contributed by atoms with Crippen molar-refractivity contribution in [1.29, 1.82) is 0 Å². The SMILES string of the molecule is CCCCCCCOCCOCCOCCOC(=O)C(CC)CCCC. The second-order valence-electron chi connectivity index (χ2n) is 6.67. The van der Waals surface area contributed by atoms with Crippen molar-refractivity contribution in [3.8, 4) is 0 Å². The number of esters is 1. The summed E-state index contributed by atoms with van der Waals surface area (Å²) in [5.41, 5.74) is 0. The minimum Gasteiger partial charge on any atom is -0.463 e. The van der Waals surface area contributed by atoms with Crippen LogP contribution in [0.5, 0.6) is 0 Å². The molecule has 0 aromatic carbocycles. The third-order valence-corrected chi connectivity index (χ3v) is 4.34. The van der Waals surface area contributed by atoms with Crippen LogP contribution in [0.2, 0.25) is 0 Å². The van der Waals surface area contributed by atoms with Crippen molar-refractivity contribution in [3.05, 3.63) is 0 Å². The van der Waals surface area contributed by atoms with Gasteiger partial charge in [-0.1, -0.05) is 59.3 Å². The molecule has 5 heteroatoms. The molecule has 0 N–H and O–H groups in total. The van der Waals surface area contributed by atoms with Gasteiger partial charge >= 0.3 is 5.97 Å². The Kier molecular flexibility index (Phi) is 20.1. The first-order valence-corrected chi connectivity index (χ1v) is 10.7. The van der Waals surface area contributed by atoms with Gasteiger partial charge in [-0.3, -0.25) is 4.79 Å².